The lowest BCUT2D eigenvalue weighted by Gasteiger charge is -2.27. The van der Waals surface area contributed by atoms with Gasteiger partial charge in [0.05, 0.1) is 23.3 Å². The second-order valence-corrected chi connectivity index (χ2v) is 8.47. The monoisotopic (exact) mass is 471 g/mol. The van der Waals surface area contributed by atoms with Crippen molar-refractivity contribution >= 4 is 62.4 Å². The van der Waals surface area contributed by atoms with Crippen LogP contribution in [0.1, 0.15) is 5.56 Å². The zero-order valence-corrected chi connectivity index (χ0v) is 17.7. The first-order chi connectivity index (χ1) is 12.5. The minimum Gasteiger partial charge on any atom is -0.378 e. The maximum absolute atomic E-state index is 12.6. The molecule has 136 valence electrons. The van der Waals surface area contributed by atoms with E-state index in [4.69, 9.17) is 27.9 Å². The summed E-state index contributed by atoms with van der Waals surface area (Å²) in [6.07, 6.45) is 0. The van der Waals surface area contributed by atoms with Crippen LogP contribution in [0.25, 0.3) is 5.57 Å². The Morgan fingerprint density at radius 2 is 1.88 bits per heavy atom. The lowest BCUT2D eigenvalue weighted by atomic mass is 10.1. The van der Waals surface area contributed by atoms with Crippen LogP contribution in [0, 0.1) is 0 Å². The Morgan fingerprint density at radius 1 is 1.15 bits per heavy atom. The fourth-order valence-corrected chi connectivity index (χ4v) is 4.65. The molecule has 3 rings (SSSR count). The summed E-state index contributed by atoms with van der Waals surface area (Å²) in [4.78, 5) is 16.2. The van der Waals surface area contributed by atoms with Crippen molar-refractivity contribution in [3.8, 4) is 0 Å². The molecule has 26 heavy (non-hydrogen) atoms. The number of hydrogen-bond acceptors (Lipinski definition) is 3. The van der Waals surface area contributed by atoms with Crippen LogP contribution < -0.4 is 0 Å². The molecule has 1 saturated heterocycles. The molecule has 0 N–H and O–H groups in total. The molecule has 3 nitrogen and oxygen atoms in total. The van der Waals surface area contributed by atoms with Crippen LogP contribution in [0.2, 0.25) is 10.0 Å². The van der Waals surface area contributed by atoms with E-state index in [9.17, 15) is 4.79 Å². The fourth-order valence-electron chi connectivity index (χ4n) is 2.57. The van der Waals surface area contributed by atoms with Crippen LogP contribution in [0.15, 0.2) is 57.2 Å². The summed E-state index contributed by atoms with van der Waals surface area (Å²) in [7, 11) is 0. The molecule has 2 aromatic rings. The summed E-state index contributed by atoms with van der Waals surface area (Å²) in [6, 6.07) is 11.6. The van der Waals surface area contributed by atoms with Gasteiger partial charge in [-0.15, -0.1) is 0 Å². The van der Waals surface area contributed by atoms with Gasteiger partial charge in [-0.3, -0.25) is 4.79 Å². The lowest BCUT2D eigenvalue weighted by molar-refractivity contribution is -0.128. The Bertz CT molecular complexity index is 853. The molecule has 0 atom stereocenters. The first-order valence-electron chi connectivity index (χ1n) is 7.95. The van der Waals surface area contributed by atoms with E-state index in [1.807, 2.05) is 30.3 Å². The van der Waals surface area contributed by atoms with Crippen LogP contribution in [0.5, 0.6) is 0 Å². The van der Waals surface area contributed by atoms with Crippen molar-refractivity contribution in [1.29, 1.82) is 0 Å². The normalized spacial score (nSPS) is 14.3. The van der Waals surface area contributed by atoms with E-state index in [1.165, 1.54) is 11.8 Å². The van der Waals surface area contributed by atoms with Gasteiger partial charge in [0.25, 0.3) is 5.91 Å². The summed E-state index contributed by atoms with van der Waals surface area (Å²) in [5.41, 5.74) is 0.907. The van der Waals surface area contributed by atoms with E-state index in [0.717, 1.165) is 14.3 Å². The molecule has 0 aliphatic carbocycles. The summed E-state index contributed by atoms with van der Waals surface area (Å²) in [6.45, 7) is 6.13. The zero-order valence-electron chi connectivity index (χ0n) is 13.8. The molecule has 1 aliphatic heterocycles. The van der Waals surface area contributed by atoms with E-state index in [2.05, 4.69) is 22.5 Å². The molecule has 0 spiro atoms. The highest BCUT2D eigenvalue weighted by Crippen LogP contribution is 2.41. The first-order valence-corrected chi connectivity index (χ1v) is 10.3. The molecule has 1 heterocycles. The largest absolute Gasteiger partial charge is 0.378 e. The van der Waals surface area contributed by atoms with E-state index < -0.39 is 0 Å². The third kappa shape index (κ3) is 4.46. The van der Waals surface area contributed by atoms with E-state index >= 15 is 0 Å². The van der Waals surface area contributed by atoms with Crippen molar-refractivity contribution in [3.63, 3.8) is 0 Å². The molecule has 2 aromatic carbocycles. The standard InChI is InChI=1S/C19H16BrCl2NO2S/c1-12(19(24)23-7-9-25-10-8-23)15-5-6-16(18(22)17(15)21)26-14-4-2-3-13(20)11-14/h2-6,11H,1,7-10H2. The number of ether oxygens (including phenoxy) is 1. The van der Waals surface area contributed by atoms with Gasteiger partial charge in [0.1, 0.15) is 0 Å². The van der Waals surface area contributed by atoms with Gasteiger partial charge in [0, 0.05) is 38.5 Å². The van der Waals surface area contributed by atoms with Gasteiger partial charge in [-0.2, -0.15) is 0 Å². The SMILES string of the molecule is C=C(C(=O)N1CCOCC1)c1ccc(Sc2cccc(Br)c2)c(Cl)c1Cl. The molecule has 0 bridgehead atoms. The molecule has 1 fully saturated rings. The number of nitrogens with zero attached hydrogens (tertiary/aromatic N) is 1. The smallest absolute Gasteiger partial charge is 0.254 e. The highest BCUT2D eigenvalue weighted by molar-refractivity contribution is 9.10. The molecular weight excluding hydrogens is 457 g/mol. The second-order valence-electron chi connectivity index (χ2n) is 5.68. The molecule has 0 aromatic heterocycles. The topological polar surface area (TPSA) is 29.5 Å². The van der Waals surface area contributed by atoms with Crippen LogP contribution in [-0.4, -0.2) is 37.1 Å². The van der Waals surface area contributed by atoms with Gasteiger partial charge < -0.3 is 9.64 Å². The Kier molecular flexibility index (Phi) is 6.70. The third-order valence-electron chi connectivity index (χ3n) is 3.95. The highest BCUT2D eigenvalue weighted by Gasteiger charge is 2.23. The van der Waals surface area contributed by atoms with E-state index in [0.29, 0.717) is 47.5 Å². The van der Waals surface area contributed by atoms with Gasteiger partial charge in [-0.05, 0) is 24.3 Å². The predicted octanol–water partition coefficient (Wildman–Crippen LogP) is 5.78. The number of amides is 1. The Hall–Kier alpha value is -0.980. The minimum atomic E-state index is -0.140. The fraction of sp³-hybridized carbons (Fsp3) is 0.211. The number of carbonyl (C=O) groups is 1. The second kappa shape index (κ2) is 8.81. The van der Waals surface area contributed by atoms with Crippen molar-refractivity contribution in [2.45, 2.75) is 9.79 Å². The van der Waals surface area contributed by atoms with Gasteiger partial charge in [0.2, 0.25) is 0 Å². The maximum Gasteiger partial charge on any atom is 0.254 e. The molecular formula is C19H16BrCl2NO2S. The zero-order chi connectivity index (χ0) is 18.7. The number of morpholine rings is 1. The molecule has 1 aliphatic rings. The van der Waals surface area contributed by atoms with Crippen molar-refractivity contribution in [2.24, 2.45) is 0 Å². The lowest BCUT2D eigenvalue weighted by Crippen LogP contribution is -2.40. The van der Waals surface area contributed by atoms with E-state index in [-0.39, 0.29) is 5.91 Å². The quantitative estimate of drug-likeness (QED) is 0.528. The number of rotatable bonds is 4. The predicted molar refractivity (Wildman–Crippen MR) is 111 cm³/mol. The van der Waals surface area contributed by atoms with Crippen LogP contribution in [0.3, 0.4) is 0 Å². The number of carbonyl (C=O) groups excluding carboxylic acids is 1. The van der Waals surface area contributed by atoms with Crippen LogP contribution in [0.4, 0.5) is 0 Å². The van der Waals surface area contributed by atoms with E-state index in [1.54, 1.807) is 11.0 Å². The minimum absolute atomic E-state index is 0.140. The first kappa shape index (κ1) is 19.8. The maximum atomic E-state index is 12.6. The van der Waals surface area contributed by atoms with Gasteiger partial charge in [-0.25, -0.2) is 0 Å². The highest BCUT2D eigenvalue weighted by atomic mass is 79.9. The third-order valence-corrected chi connectivity index (χ3v) is 6.49. The molecule has 0 unspecified atom stereocenters. The molecule has 7 heteroatoms. The summed E-state index contributed by atoms with van der Waals surface area (Å²) >= 11 is 17.9. The van der Waals surface area contributed by atoms with Crippen molar-refractivity contribution in [2.75, 3.05) is 26.3 Å². The summed E-state index contributed by atoms with van der Waals surface area (Å²) in [5.74, 6) is -0.140. The van der Waals surface area contributed by atoms with Gasteiger partial charge in [-0.1, -0.05) is 69.6 Å². The van der Waals surface area contributed by atoms with Crippen molar-refractivity contribution in [1.82, 2.24) is 4.90 Å². The van der Waals surface area contributed by atoms with Crippen molar-refractivity contribution in [3.05, 3.63) is 63.1 Å². The summed E-state index contributed by atoms with van der Waals surface area (Å²) < 4.78 is 6.27. The molecule has 0 radical (unpaired) electrons. The Balaban J connectivity index is 1.82. The van der Waals surface area contributed by atoms with Crippen LogP contribution in [-0.2, 0) is 9.53 Å². The van der Waals surface area contributed by atoms with Crippen molar-refractivity contribution < 1.29 is 9.53 Å². The number of halogens is 3. The molecule has 1 amide bonds. The summed E-state index contributed by atoms with van der Waals surface area (Å²) in [5, 5.41) is 0.767. The van der Waals surface area contributed by atoms with Crippen LogP contribution >= 0.6 is 50.9 Å². The van der Waals surface area contributed by atoms with Gasteiger partial charge in [0.15, 0.2) is 0 Å². The number of benzene rings is 2. The Labute approximate surface area is 175 Å². The van der Waals surface area contributed by atoms with Gasteiger partial charge >= 0.3 is 0 Å². The number of hydrogen-bond donors (Lipinski definition) is 0. The average Bonchev–Trinajstić information content (AvgIpc) is 2.65. The molecule has 0 saturated carbocycles. The Morgan fingerprint density at radius 3 is 2.58 bits per heavy atom. The average molecular weight is 473 g/mol.